The van der Waals surface area contributed by atoms with E-state index >= 15 is 0 Å². The summed E-state index contributed by atoms with van der Waals surface area (Å²) >= 11 is 8.06. The van der Waals surface area contributed by atoms with E-state index in [0.29, 0.717) is 22.2 Å². The van der Waals surface area contributed by atoms with Crippen LogP contribution in [0.25, 0.3) is 16.9 Å². The molecular weight excluding hydrogens is 523 g/mol. The van der Waals surface area contributed by atoms with Gasteiger partial charge in [-0.1, -0.05) is 66.2 Å². The van der Waals surface area contributed by atoms with E-state index in [9.17, 15) is 14.0 Å². The summed E-state index contributed by atoms with van der Waals surface area (Å²) < 4.78 is 15.5. The zero-order chi connectivity index (χ0) is 26.8. The van der Waals surface area contributed by atoms with Gasteiger partial charge in [-0.15, -0.1) is 11.8 Å². The fraction of sp³-hybridized carbons (Fsp3) is 0.207. The van der Waals surface area contributed by atoms with Crippen LogP contribution in [-0.2, 0) is 9.59 Å². The standard InChI is InChI=1S/C29H26ClFN4O2S/c1-18(2)32-24(36)16-34-25(37)17-38-28(20-12-14-21(31)15-13-20)26-27(19-8-4-3-5-9-19)33-35(29(26)34)23-11-7-6-10-22(23)30/h3-15,18,28H,16-17H2,1-2H3,(H,32,36)/t28-/m0/s1. The van der Waals surface area contributed by atoms with E-state index in [1.165, 1.54) is 28.8 Å². The average Bonchev–Trinajstić information content (AvgIpc) is 3.22. The fourth-order valence-corrected chi connectivity index (χ4v) is 5.95. The molecule has 2 amide bonds. The first-order chi connectivity index (χ1) is 18.3. The first kappa shape index (κ1) is 26.0. The predicted molar refractivity (Wildman–Crippen MR) is 150 cm³/mol. The predicted octanol–water partition coefficient (Wildman–Crippen LogP) is 6.03. The number of nitrogens with one attached hydrogen (secondary N) is 1. The Morgan fingerprint density at radius 2 is 1.76 bits per heavy atom. The molecule has 1 aromatic heterocycles. The lowest BCUT2D eigenvalue weighted by Crippen LogP contribution is -2.44. The van der Waals surface area contributed by atoms with E-state index in [2.05, 4.69) is 5.32 Å². The molecule has 9 heteroatoms. The van der Waals surface area contributed by atoms with Gasteiger partial charge in [0.05, 0.1) is 27.4 Å². The average molecular weight is 549 g/mol. The Morgan fingerprint density at radius 1 is 1.08 bits per heavy atom. The highest BCUT2D eigenvalue weighted by Gasteiger charge is 2.38. The number of carbonyl (C=O) groups excluding carboxylic acids is 2. The molecule has 0 fully saturated rings. The largest absolute Gasteiger partial charge is 0.352 e. The molecule has 0 bridgehead atoms. The topological polar surface area (TPSA) is 67.2 Å². The number of carbonyl (C=O) groups is 2. The molecule has 2 heterocycles. The second kappa shape index (κ2) is 11.0. The van der Waals surface area contributed by atoms with Gasteiger partial charge in [0.1, 0.15) is 18.2 Å². The number of benzene rings is 3. The summed E-state index contributed by atoms with van der Waals surface area (Å²) in [4.78, 5) is 28.1. The van der Waals surface area contributed by atoms with Crippen molar-refractivity contribution >= 4 is 41.0 Å². The van der Waals surface area contributed by atoms with Gasteiger partial charge in [-0.3, -0.25) is 14.5 Å². The first-order valence-corrected chi connectivity index (χ1v) is 13.7. The number of aromatic nitrogens is 2. The number of anilines is 1. The van der Waals surface area contributed by atoms with Gasteiger partial charge in [0.25, 0.3) is 0 Å². The SMILES string of the molecule is CC(C)NC(=O)CN1C(=O)CS[C@@H](c2ccc(F)cc2)c2c(-c3ccccc3)nn(-c3ccccc3Cl)c21. The van der Waals surface area contributed by atoms with Crippen molar-refractivity contribution in [3.63, 3.8) is 0 Å². The number of halogens is 2. The lowest BCUT2D eigenvalue weighted by molar-refractivity contribution is -0.123. The van der Waals surface area contributed by atoms with Crippen LogP contribution in [0.3, 0.4) is 0 Å². The van der Waals surface area contributed by atoms with E-state index in [0.717, 1.165) is 16.7 Å². The van der Waals surface area contributed by atoms with Crippen molar-refractivity contribution < 1.29 is 14.0 Å². The minimum atomic E-state index is -0.348. The smallest absolute Gasteiger partial charge is 0.240 e. The molecule has 0 radical (unpaired) electrons. The maximum atomic E-state index is 13.9. The van der Waals surface area contributed by atoms with Gasteiger partial charge in [0, 0.05) is 17.2 Å². The van der Waals surface area contributed by atoms with E-state index in [-0.39, 0.29) is 41.2 Å². The summed E-state index contributed by atoms with van der Waals surface area (Å²) in [5, 5.41) is 7.99. The van der Waals surface area contributed by atoms with Crippen LogP contribution in [0.15, 0.2) is 78.9 Å². The number of hydrogen-bond donors (Lipinski definition) is 1. The number of para-hydroxylation sites is 1. The molecule has 3 aromatic carbocycles. The number of fused-ring (bicyclic) bond motifs is 1. The summed E-state index contributed by atoms with van der Waals surface area (Å²) in [7, 11) is 0. The van der Waals surface area contributed by atoms with Crippen LogP contribution in [0.4, 0.5) is 10.2 Å². The minimum Gasteiger partial charge on any atom is -0.352 e. The molecule has 1 aliphatic heterocycles. The molecule has 1 N–H and O–H groups in total. The van der Waals surface area contributed by atoms with Gasteiger partial charge >= 0.3 is 0 Å². The zero-order valence-electron chi connectivity index (χ0n) is 20.9. The molecule has 0 saturated heterocycles. The molecule has 5 rings (SSSR count). The van der Waals surface area contributed by atoms with Crippen LogP contribution < -0.4 is 10.2 Å². The number of rotatable bonds is 6. The Labute approximate surface area is 229 Å². The van der Waals surface area contributed by atoms with E-state index < -0.39 is 0 Å². The normalized spacial score (nSPS) is 15.3. The monoisotopic (exact) mass is 548 g/mol. The van der Waals surface area contributed by atoms with Gasteiger partial charge in [-0.2, -0.15) is 5.10 Å². The Morgan fingerprint density at radius 3 is 2.45 bits per heavy atom. The Bertz CT molecular complexity index is 1470. The van der Waals surface area contributed by atoms with Crippen LogP contribution in [0.1, 0.15) is 30.2 Å². The van der Waals surface area contributed by atoms with Crippen molar-refractivity contribution in [2.24, 2.45) is 0 Å². The lowest BCUT2D eigenvalue weighted by atomic mass is 9.99. The summed E-state index contributed by atoms with van der Waals surface area (Å²) in [6.07, 6.45) is 0. The molecule has 0 saturated carbocycles. The maximum absolute atomic E-state index is 13.9. The molecular formula is C29H26ClFN4O2S. The van der Waals surface area contributed by atoms with E-state index in [4.69, 9.17) is 16.7 Å². The molecule has 38 heavy (non-hydrogen) atoms. The summed E-state index contributed by atoms with van der Waals surface area (Å²) in [6, 6.07) is 23.1. The van der Waals surface area contributed by atoms with Crippen molar-refractivity contribution in [3.05, 3.63) is 101 Å². The Balaban J connectivity index is 1.81. The molecule has 1 atom stereocenters. The van der Waals surface area contributed by atoms with Gasteiger partial charge < -0.3 is 5.32 Å². The second-order valence-electron chi connectivity index (χ2n) is 9.26. The third-order valence-corrected chi connectivity index (χ3v) is 7.72. The van der Waals surface area contributed by atoms with Gasteiger partial charge in [0.15, 0.2) is 0 Å². The quantitative estimate of drug-likeness (QED) is 0.320. The number of nitrogens with zero attached hydrogens (tertiary/aromatic N) is 3. The summed E-state index contributed by atoms with van der Waals surface area (Å²) in [5.41, 5.74) is 3.68. The van der Waals surface area contributed by atoms with Gasteiger partial charge in [-0.05, 0) is 43.7 Å². The molecule has 0 spiro atoms. The van der Waals surface area contributed by atoms with Crippen molar-refractivity contribution in [1.29, 1.82) is 0 Å². The molecule has 194 valence electrons. The van der Waals surface area contributed by atoms with Gasteiger partial charge in [0.2, 0.25) is 11.8 Å². The molecule has 4 aromatic rings. The molecule has 1 aliphatic rings. The first-order valence-electron chi connectivity index (χ1n) is 12.2. The summed E-state index contributed by atoms with van der Waals surface area (Å²) in [5.74, 6) is -0.251. The molecule has 0 aliphatic carbocycles. The number of amides is 2. The highest BCUT2D eigenvalue weighted by molar-refractivity contribution is 8.00. The minimum absolute atomic E-state index is 0.0845. The maximum Gasteiger partial charge on any atom is 0.240 e. The highest BCUT2D eigenvalue weighted by Crippen LogP contribution is 2.48. The van der Waals surface area contributed by atoms with Gasteiger partial charge in [-0.25, -0.2) is 9.07 Å². The van der Waals surface area contributed by atoms with Crippen LogP contribution in [-0.4, -0.2) is 39.9 Å². The Kier molecular flexibility index (Phi) is 7.53. The molecule has 6 nitrogen and oxygen atoms in total. The summed E-state index contributed by atoms with van der Waals surface area (Å²) in [6.45, 7) is 3.57. The highest BCUT2D eigenvalue weighted by atomic mass is 35.5. The van der Waals surface area contributed by atoms with Crippen LogP contribution in [0, 0.1) is 5.82 Å². The van der Waals surface area contributed by atoms with Crippen LogP contribution in [0.5, 0.6) is 0 Å². The third kappa shape index (κ3) is 5.19. The Hall–Kier alpha value is -3.62. The van der Waals surface area contributed by atoms with Crippen LogP contribution >= 0.6 is 23.4 Å². The van der Waals surface area contributed by atoms with Crippen molar-refractivity contribution in [1.82, 2.24) is 15.1 Å². The molecule has 0 unspecified atom stereocenters. The number of thioether (sulfide) groups is 1. The third-order valence-electron chi connectivity index (χ3n) is 6.14. The zero-order valence-corrected chi connectivity index (χ0v) is 22.5. The number of hydrogen-bond acceptors (Lipinski definition) is 4. The van der Waals surface area contributed by atoms with Crippen LogP contribution in [0.2, 0.25) is 5.02 Å². The fourth-order valence-electron chi connectivity index (χ4n) is 4.53. The lowest BCUT2D eigenvalue weighted by Gasteiger charge is -2.24. The van der Waals surface area contributed by atoms with Crippen molar-refractivity contribution in [2.45, 2.75) is 25.1 Å². The van der Waals surface area contributed by atoms with E-state index in [1.54, 1.807) is 22.9 Å². The second-order valence-corrected chi connectivity index (χ2v) is 10.8. The van der Waals surface area contributed by atoms with Crippen molar-refractivity contribution in [3.8, 4) is 16.9 Å². The van der Waals surface area contributed by atoms with Crippen molar-refractivity contribution in [2.75, 3.05) is 17.2 Å². The van der Waals surface area contributed by atoms with E-state index in [1.807, 2.05) is 62.4 Å².